The predicted molar refractivity (Wildman–Crippen MR) is 88.5 cm³/mol. The zero-order valence-corrected chi connectivity index (χ0v) is 14.0. The van der Waals surface area contributed by atoms with Gasteiger partial charge in [-0.1, -0.05) is 38.4 Å². The minimum absolute atomic E-state index is 0.0225. The summed E-state index contributed by atoms with van der Waals surface area (Å²) in [7, 11) is 0. The highest BCUT2D eigenvalue weighted by Gasteiger charge is 2.45. The van der Waals surface area contributed by atoms with E-state index in [9.17, 15) is 4.79 Å². The van der Waals surface area contributed by atoms with E-state index < -0.39 is 0 Å². The third kappa shape index (κ3) is 3.09. The minimum Gasteiger partial charge on any atom is -0.327 e. The Hall–Kier alpha value is -1.06. The fourth-order valence-electron chi connectivity index (χ4n) is 3.28. The number of nitrogens with one attached hydrogen (secondary N) is 1. The number of hydrogen-bond donors (Lipinski definition) is 2. The summed E-state index contributed by atoms with van der Waals surface area (Å²) in [6, 6.07) is 5.76. The minimum atomic E-state index is -0.103. The first kappa shape index (κ1) is 16.3. The molecule has 0 heterocycles. The lowest BCUT2D eigenvalue weighted by Crippen LogP contribution is -2.50. The molecule has 0 radical (unpaired) electrons. The van der Waals surface area contributed by atoms with E-state index in [1.54, 1.807) is 0 Å². The summed E-state index contributed by atoms with van der Waals surface area (Å²) in [5.74, 6) is 0.372. The van der Waals surface area contributed by atoms with Crippen molar-refractivity contribution in [3.63, 3.8) is 0 Å². The molecule has 3 atom stereocenters. The first-order valence-electron chi connectivity index (χ1n) is 7.56. The first-order valence-corrected chi connectivity index (χ1v) is 7.94. The molecule has 3 N–H and O–H groups in total. The molecule has 0 spiro atoms. The second-order valence-electron chi connectivity index (χ2n) is 6.81. The second-order valence-corrected chi connectivity index (χ2v) is 7.21. The van der Waals surface area contributed by atoms with Gasteiger partial charge in [-0.2, -0.15) is 0 Å². The lowest BCUT2D eigenvalue weighted by molar-refractivity contribution is -0.127. The van der Waals surface area contributed by atoms with E-state index in [0.717, 1.165) is 24.1 Å². The maximum atomic E-state index is 12.7. The Kier molecular flexibility index (Phi) is 4.64. The van der Waals surface area contributed by atoms with Gasteiger partial charge in [0.2, 0.25) is 5.91 Å². The molecule has 1 saturated carbocycles. The van der Waals surface area contributed by atoms with Crippen LogP contribution in [0.1, 0.15) is 39.2 Å². The smallest absolute Gasteiger partial charge is 0.228 e. The average Bonchev–Trinajstić information content (AvgIpc) is 2.41. The summed E-state index contributed by atoms with van der Waals surface area (Å²) >= 11 is 6.11. The molecule has 1 aliphatic carbocycles. The van der Waals surface area contributed by atoms with Gasteiger partial charge in [-0.3, -0.25) is 4.79 Å². The lowest BCUT2D eigenvalue weighted by atomic mass is 9.61. The van der Waals surface area contributed by atoms with Gasteiger partial charge in [0, 0.05) is 22.7 Å². The van der Waals surface area contributed by atoms with Crippen molar-refractivity contribution in [3.8, 4) is 0 Å². The van der Waals surface area contributed by atoms with Gasteiger partial charge in [-0.25, -0.2) is 0 Å². The number of carbonyl (C=O) groups is 1. The normalized spacial score (nSPS) is 28.2. The van der Waals surface area contributed by atoms with Crippen molar-refractivity contribution in [1.82, 2.24) is 0 Å². The molecule has 1 fully saturated rings. The molecule has 0 saturated heterocycles. The third-order valence-electron chi connectivity index (χ3n) is 5.34. The quantitative estimate of drug-likeness (QED) is 0.868. The van der Waals surface area contributed by atoms with E-state index in [0.29, 0.717) is 10.9 Å². The summed E-state index contributed by atoms with van der Waals surface area (Å²) < 4.78 is 0. The van der Waals surface area contributed by atoms with Crippen LogP contribution in [0.5, 0.6) is 0 Å². The highest BCUT2D eigenvalue weighted by Crippen LogP contribution is 2.44. The zero-order valence-electron chi connectivity index (χ0n) is 13.2. The van der Waals surface area contributed by atoms with Gasteiger partial charge < -0.3 is 11.1 Å². The van der Waals surface area contributed by atoms with Gasteiger partial charge in [-0.15, -0.1) is 0 Å². The van der Waals surface area contributed by atoms with Crippen molar-refractivity contribution in [1.29, 1.82) is 0 Å². The first-order chi connectivity index (χ1) is 9.75. The molecule has 0 bridgehead atoms. The molecule has 1 aliphatic rings. The largest absolute Gasteiger partial charge is 0.327 e. The van der Waals surface area contributed by atoms with E-state index in [-0.39, 0.29) is 23.3 Å². The van der Waals surface area contributed by atoms with Crippen molar-refractivity contribution in [2.75, 3.05) is 5.32 Å². The van der Waals surface area contributed by atoms with E-state index in [2.05, 4.69) is 26.1 Å². The number of rotatable bonds is 2. The number of amides is 1. The second kappa shape index (κ2) is 5.98. The number of anilines is 1. The van der Waals surface area contributed by atoms with Crippen LogP contribution in [0.3, 0.4) is 0 Å². The SMILES string of the molecule is Cc1c(Cl)cccc1NC(=O)C1CCC(N)C(C)C1(C)C. The lowest BCUT2D eigenvalue weighted by Gasteiger charge is -2.46. The highest BCUT2D eigenvalue weighted by atomic mass is 35.5. The molecule has 116 valence electrons. The highest BCUT2D eigenvalue weighted by molar-refractivity contribution is 6.31. The molecule has 0 aliphatic heterocycles. The molecule has 0 aromatic heterocycles. The Labute approximate surface area is 132 Å². The molecule has 4 heteroatoms. The van der Waals surface area contributed by atoms with Crippen LogP contribution in [0.25, 0.3) is 0 Å². The van der Waals surface area contributed by atoms with Gasteiger partial charge in [-0.05, 0) is 48.8 Å². The fourth-order valence-corrected chi connectivity index (χ4v) is 3.46. The van der Waals surface area contributed by atoms with Crippen molar-refractivity contribution in [3.05, 3.63) is 28.8 Å². The van der Waals surface area contributed by atoms with Crippen LogP contribution in [0.15, 0.2) is 18.2 Å². The Morgan fingerprint density at radius 1 is 1.38 bits per heavy atom. The van der Waals surface area contributed by atoms with Crippen LogP contribution in [-0.2, 0) is 4.79 Å². The maximum Gasteiger partial charge on any atom is 0.228 e. The molecule has 1 aromatic rings. The van der Waals surface area contributed by atoms with E-state index >= 15 is 0 Å². The predicted octanol–water partition coefficient (Wildman–Crippen LogP) is 3.99. The van der Waals surface area contributed by atoms with Gasteiger partial charge in [0.15, 0.2) is 0 Å². The molecule has 1 aromatic carbocycles. The number of halogens is 1. The van der Waals surface area contributed by atoms with Gasteiger partial charge in [0.1, 0.15) is 0 Å². The monoisotopic (exact) mass is 308 g/mol. The van der Waals surface area contributed by atoms with Crippen LogP contribution < -0.4 is 11.1 Å². The standard InChI is InChI=1S/C17H25ClN2O/c1-10-13(18)6-5-7-15(10)20-16(21)12-8-9-14(19)11(2)17(12,3)4/h5-7,11-12,14H,8-9,19H2,1-4H3,(H,20,21). The summed E-state index contributed by atoms with van der Waals surface area (Å²) in [6.45, 7) is 8.36. The number of hydrogen-bond acceptors (Lipinski definition) is 2. The molecular weight excluding hydrogens is 284 g/mol. The van der Waals surface area contributed by atoms with Crippen molar-refractivity contribution < 1.29 is 4.79 Å². The van der Waals surface area contributed by atoms with Crippen LogP contribution in [-0.4, -0.2) is 11.9 Å². The molecular formula is C17H25ClN2O. The van der Waals surface area contributed by atoms with Gasteiger partial charge >= 0.3 is 0 Å². The number of carbonyl (C=O) groups excluding carboxylic acids is 1. The zero-order chi connectivity index (χ0) is 15.8. The van der Waals surface area contributed by atoms with Crippen LogP contribution in [0.4, 0.5) is 5.69 Å². The topological polar surface area (TPSA) is 55.1 Å². The number of benzene rings is 1. The molecule has 3 nitrogen and oxygen atoms in total. The van der Waals surface area contributed by atoms with Crippen molar-refractivity contribution in [2.45, 2.75) is 46.6 Å². The summed E-state index contributed by atoms with van der Waals surface area (Å²) in [5, 5.41) is 3.72. The average molecular weight is 309 g/mol. The summed E-state index contributed by atoms with van der Waals surface area (Å²) in [5.41, 5.74) is 7.77. The van der Waals surface area contributed by atoms with Gasteiger partial charge in [0.25, 0.3) is 0 Å². The fraction of sp³-hybridized carbons (Fsp3) is 0.588. The van der Waals surface area contributed by atoms with E-state index in [1.807, 2.05) is 25.1 Å². The van der Waals surface area contributed by atoms with Gasteiger partial charge in [0.05, 0.1) is 0 Å². The Morgan fingerprint density at radius 3 is 2.71 bits per heavy atom. The van der Waals surface area contributed by atoms with E-state index in [4.69, 9.17) is 17.3 Å². The van der Waals surface area contributed by atoms with E-state index in [1.165, 1.54) is 0 Å². The summed E-state index contributed by atoms with van der Waals surface area (Å²) in [6.07, 6.45) is 1.74. The Morgan fingerprint density at radius 2 is 2.05 bits per heavy atom. The summed E-state index contributed by atoms with van der Waals surface area (Å²) in [4.78, 5) is 12.7. The third-order valence-corrected chi connectivity index (χ3v) is 5.75. The Bertz CT molecular complexity index is 542. The maximum absolute atomic E-state index is 12.7. The van der Waals surface area contributed by atoms with Crippen LogP contribution in [0.2, 0.25) is 5.02 Å². The van der Waals surface area contributed by atoms with Crippen molar-refractivity contribution in [2.24, 2.45) is 23.0 Å². The van der Waals surface area contributed by atoms with Crippen molar-refractivity contribution >= 4 is 23.2 Å². The molecule has 1 amide bonds. The number of nitrogens with two attached hydrogens (primary N) is 1. The molecule has 3 unspecified atom stereocenters. The Balaban J connectivity index is 2.18. The van der Waals surface area contributed by atoms with Crippen LogP contribution >= 0.6 is 11.6 Å². The van der Waals surface area contributed by atoms with Crippen LogP contribution in [0, 0.1) is 24.2 Å². The molecule has 21 heavy (non-hydrogen) atoms. The molecule has 2 rings (SSSR count).